The van der Waals surface area contributed by atoms with Crippen molar-refractivity contribution in [3.63, 3.8) is 0 Å². The summed E-state index contributed by atoms with van der Waals surface area (Å²) in [6, 6.07) is 7.39. The third-order valence-electron chi connectivity index (χ3n) is 5.06. The molecule has 2 N–H and O–H groups in total. The van der Waals surface area contributed by atoms with Crippen LogP contribution in [-0.4, -0.2) is 26.5 Å². The molecule has 1 saturated carbocycles. The molecule has 0 unspecified atom stereocenters. The standard InChI is InChI=1S/C20H19ClF4N2O3S/c21-18-9-8-16(31(29,30)27-14-6-4-13(22)5-7-14)11-17(18)19(28)26-15-3-1-2-12(10-15)20(23,24)25/h4-9,11-12,15,27H,1-3,10H2,(H,26,28)/t12-,15+/m1/s1. The fourth-order valence-electron chi connectivity index (χ4n) is 3.46. The van der Waals surface area contributed by atoms with Crippen molar-refractivity contribution >= 4 is 33.2 Å². The molecule has 3 rings (SSSR count). The maximum Gasteiger partial charge on any atom is 0.391 e. The number of amides is 1. The molecule has 1 aliphatic rings. The molecule has 0 spiro atoms. The van der Waals surface area contributed by atoms with Crippen LogP contribution < -0.4 is 10.0 Å². The Morgan fingerprint density at radius 1 is 1.06 bits per heavy atom. The second kappa shape index (κ2) is 9.04. The highest BCUT2D eigenvalue weighted by atomic mass is 35.5. The summed E-state index contributed by atoms with van der Waals surface area (Å²) in [6.07, 6.45) is -3.85. The quantitative estimate of drug-likeness (QED) is 0.585. The highest BCUT2D eigenvalue weighted by Crippen LogP contribution is 2.37. The first-order valence-corrected chi connectivity index (χ1v) is 11.3. The minimum atomic E-state index is -4.33. The normalized spacial score (nSPS) is 19.6. The third kappa shape index (κ3) is 5.88. The van der Waals surface area contributed by atoms with Gasteiger partial charge >= 0.3 is 6.18 Å². The van der Waals surface area contributed by atoms with Gasteiger partial charge in [0.25, 0.3) is 15.9 Å². The van der Waals surface area contributed by atoms with E-state index in [-0.39, 0.29) is 34.0 Å². The number of hydrogen-bond donors (Lipinski definition) is 2. The van der Waals surface area contributed by atoms with Gasteiger partial charge in [0.2, 0.25) is 0 Å². The van der Waals surface area contributed by atoms with Crippen LogP contribution in [0.2, 0.25) is 5.02 Å². The van der Waals surface area contributed by atoms with Crippen molar-refractivity contribution in [1.29, 1.82) is 0 Å². The molecule has 0 aliphatic heterocycles. The lowest BCUT2D eigenvalue weighted by Crippen LogP contribution is -2.41. The topological polar surface area (TPSA) is 75.3 Å². The minimum Gasteiger partial charge on any atom is -0.349 e. The van der Waals surface area contributed by atoms with Crippen molar-refractivity contribution in [1.82, 2.24) is 5.32 Å². The number of nitrogens with one attached hydrogen (secondary N) is 2. The van der Waals surface area contributed by atoms with Gasteiger partial charge in [-0.25, -0.2) is 12.8 Å². The molecule has 2 atom stereocenters. The van der Waals surface area contributed by atoms with Crippen LogP contribution in [0.15, 0.2) is 47.4 Å². The maximum absolute atomic E-state index is 13.0. The van der Waals surface area contributed by atoms with Crippen LogP contribution in [0.5, 0.6) is 0 Å². The largest absolute Gasteiger partial charge is 0.391 e. The van der Waals surface area contributed by atoms with E-state index in [1.165, 1.54) is 24.3 Å². The molecule has 0 saturated heterocycles. The zero-order valence-corrected chi connectivity index (χ0v) is 17.6. The predicted molar refractivity (Wildman–Crippen MR) is 108 cm³/mol. The zero-order valence-electron chi connectivity index (χ0n) is 16.0. The van der Waals surface area contributed by atoms with E-state index in [0.717, 1.165) is 18.2 Å². The van der Waals surface area contributed by atoms with Crippen LogP contribution in [0.1, 0.15) is 36.0 Å². The summed E-state index contributed by atoms with van der Waals surface area (Å²) in [4.78, 5) is 12.4. The van der Waals surface area contributed by atoms with E-state index < -0.39 is 39.9 Å². The Balaban J connectivity index is 1.77. The minimum absolute atomic E-state index is 0.0133. The smallest absolute Gasteiger partial charge is 0.349 e. The lowest BCUT2D eigenvalue weighted by atomic mass is 9.85. The first-order chi connectivity index (χ1) is 14.5. The van der Waals surface area contributed by atoms with Gasteiger partial charge in [-0.05, 0) is 61.7 Å². The zero-order chi connectivity index (χ0) is 22.8. The number of carbonyl (C=O) groups excluding carboxylic acids is 1. The van der Waals surface area contributed by atoms with E-state index in [0.29, 0.717) is 12.8 Å². The Morgan fingerprint density at radius 3 is 2.39 bits per heavy atom. The molecule has 2 aromatic rings. The summed E-state index contributed by atoms with van der Waals surface area (Å²) in [5.41, 5.74) is -0.0551. The van der Waals surface area contributed by atoms with Gasteiger partial charge in [-0.3, -0.25) is 9.52 Å². The summed E-state index contributed by atoms with van der Waals surface area (Å²) < 4.78 is 79.5. The summed E-state index contributed by atoms with van der Waals surface area (Å²) in [7, 11) is -4.12. The van der Waals surface area contributed by atoms with Crippen LogP contribution in [0.25, 0.3) is 0 Å². The monoisotopic (exact) mass is 478 g/mol. The molecule has 0 radical (unpaired) electrons. The van der Waals surface area contributed by atoms with Gasteiger partial charge < -0.3 is 5.32 Å². The van der Waals surface area contributed by atoms with E-state index in [2.05, 4.69) is 10.0 Å². The highest BCUT2D eigenvalue weighted by Gasteiger charge is 2.42. The van der Waals surface area contributed by atoms with Crippen LogP contribution >= 0.6 is 11.6 Å². The lowest BCUT2D eigenvalue weighted by molar-refractivity contribution is -0.183. The van der Waals surface area contributed by atoms with Crippen LogP contribution in [0.3, 0.4) is 0 Å². The number of rotatable bonds is 5. The van der Waals surface area contributed by atoms with Crippen LogP contribution in [-0.2, 0) is 10.0 Å². The van der Waals surface area contributed by atoms with E-state index in [9.17, 15) is 30.8 Å². The molecular formula is C20H19ClF4N2O3S. The van der Waals surface area contributed by atoms with Crippen molar-refractivity contribution in [3.8, 4) is 0 Å². The molecule has 31 heavy (non-hydrogen) atoms. The van der Waals surface area contributed by atoms with Gasteiger partial charge in [-0.2, -0.15) is 13.2 Å². The fraction of sp³-hybridized carbons (Fsp3) is 0.350. The molecule has 11 heteroatoms. The van der Waals surface area contributed by atoms with Gasteiger partial charge in [-0.15, -0.1) is 0 Å². The number of halogens is 5. The molecule has 0 bridgehead atoms. The number of carbonyl (C=O) groups is 1. The fourth-order valence-corrected chi connectivity index (χ4v) is 4.75. The molecule has 1 amide bonds. The number of anilines is 1. The Kier molecular flexibility index (Phi) is 6.80. The average Bonchev–Trinajstić information content (AvgIpc) is 2.69. The van der Waals surface area contributed by atoms with E-state index >= 15 is 0 Å². The summed E-state index contributed by atoms with van der Waals surface area (Å²) in [6.45, 7) is 0. The van der Waals surface area contributed by atoms with Gasteiger partial charge in [0.1, 0.15) is 5.82 Å². The first-order valence-electron chi connectivity index (χ1n) is 9.41. The maximum atomic E-state index is 13.0. The first kappa shape index (κ1) is 23.3. The Labute approximate surface area is 181 Å². The average molecular weight is 479 g/mol. The van der Waals surface area contributed by atoms with Gasteiger partial charge in [0.05, 0.1) is 21.4 Å². The Morgan fingerprint density at radius 2 is 1.74 bits per heavy atom. The van der Waals surface area contributed by atoms with E-state index in [1.54, 1.807) is 0 Å². The molecule has 2 aromatic carbocycles. The van der Waals surface area contributed by atoms with E-state index in [4.69, 9.17) is 11.6 Å². The summed E-state index contributed by atoms with van der Waals surface area (Å²) in [5.74, 6) is -2.78. The second-order valence-electron chi connectivity index (χ2n) is 7.33. The third-order valence-corrected chi connectivity index (χ3v) is 6.77. The van der Waals surface area contributed by atoms with Crippen molar-refractivity contribution in [2.24, 2.45) is 5.92 Å². The summed E-state index contributed by atoms with van der Waals surface area (Å²) in [5, 5.41) is 2.49. The second-order valence-corrected chi connectivity index (χ2v) is 9.42. The molecule has 168 valence electrons. The highest BCUT2D eigenvalue weighted by molar-refractivity contribution is 7.92. The number of alkyl halides is 3. The van der Waals surface area contributed by atoms with Gasteiger partial charge in [-0.1, -0.05) is 18.0 Å². The summed E-state index contributed by atoms with van der Waals surface area (Å²) >= 11 is 6.04. The number of benzene rings is 2. The van der Waals surface area contributed by atoms with Gasteiger partial charge in [0, 0.05) is 11.7 Å². The van der Waals surface area contributed by atoms with Crippen LogP contribution in [0, 0.1) is 11.7 Å². The predicted octanol–water partition coefficient (Wildman–Crippen LogP) is 5.13. The van der Waals surface area contributed by atoms with E-state index in [1.807, 2.05) is 0 Å². The SMILES string of the molecule is O=C(N[C@H]1CCC[C@@H](C(F)(F)F)C1)c1cc(S(=O)(=O)Nc2ccc(F)cc2)ccc1Cl. The molecule has 1 fully saturated rings. The lowest BCUT2D eigenvalue weighted by Gasteiger charge is -2.31. The van der Waals surface area contributed by atoms with Crippen molar-refractivity contribution < 1.29 is 30.8 Å². The Hall–Kier alpha value is -2.33. The molecule has 0 heterocycles. The Bertz CT molecular complexity index is 1060. The molecule has 0 aromatic heterocycles. The van der Waals surface area contributed by atoms with Crippen LogP contribution in [0.4, 0.5) is 23.2 Å². The van der Waals surface area contributed by atoms with Crippen molar-refractivity contribution in [3.05, 3.63) is 58.9 Å². The number of sulfonamides is 1. The van der Waals surface area contributed by atoms with Gasteiger partial charge in [0.15, 0.2) is 0 Å². The van der Waals surface area contributed by atoms with Crippen molar-refractivity contribution in [2.45, 2.75) is 42.8 Å². The van der Waals surface area contributed by atoms with Crippen molar-refractivity contribution in [2.75, 3.05) is 4.72 Å². The molecular weight excluding hydrogens is 460 g/mol. The molecule has 1 aliphatic carbocycles. The molecule has 5 nitrogen and oxygen atoms in total. The number of hydrogen-bond acceptors (Lipinski definition) is 3.